The number of carbonyl (C=O) groups excluding carboxylic acids is 1. The fourth-order valence-corrected chi connectivity index (χ4v) is 1.45. The van der Waals surface area contributed by atoms with Gasteiger partial charge >= 0.3 is 5.97 Å². The second-order valence-electron chi connectivity index (χ2n) is 3.14. The van der Waals surface area contributed by atoms with Crippen molar-refractivity contribution in [2.45, 2.75) is 0 Å². The van der Waals surface area contributed by atoms with Gasteiger partial charge in [0.05, 0.1) is 7.11 Å². The van der Waals surface area contributed by atoms with Gasteiger partial charge < -0.3 is 4.74 Å². The van der Waals surface area contributed by atoms with E-state index in [1.807, 2.05) is 10.2 Å². The Labute approximate surface area is 91.2 Å². The van der Waals surface area contributed by atoms with Crippen LogP contribution in [0.15, 0.2) is 4.79 Å². The maximum atomic E-state index is 13.7. The van der Waals surface area contributed by atoms with Gasteiger partial charge in [-0.1, -0.05) is 0 Å². The number of fused-ring (bicyclic) bond motifs is 1. The third kappa shape index (κ3) is 1.41. The summed E-state index contributed by atoms with van der Waals surface area (Å²) in [6.45, 7) is 0. The first-order valence-corrected chi connectivity index (χ1v) is 4.34. The molecular formula is C9H5F3N2O3. The van der Waals surface area contributed by atoms with Gasteiger partial charge in [0.25, 0.3) is 5.56 Å². The van der Waals surface area contributed by atoms with E-state index >= 15 is 0 Å². The molecule has 0 saturated heterocycles. The molecule has 0 aliphatic carbocycles. The van der Waals surface area contributed by atoms with Gasteiger partial charge in [-0.15, -0.1) is 0 Å². The van der Waals surface area contributed by atoms with E-state index in [9.17, 15) is 22.8 Å². The van der Waals surface area contributed by atoms with Crippen molar-refractivity contribution in [2.75, 3.05) is 7.11 Å². The van der Waals surface area contributed by atoms with E-state index < -0.39 is 45.4 Å². The topological polar surface area (TPSA) is 75.0 Å². The van der Waals surface area contributed by atoms with Crippen molar-refractivity contribution in [1.82, 2.24) is 10.2 Å². The number of aromatic nitrogens is 2. The van der Waals surface area contributed by atoms with Crippen molar-refractivity contribution in [3.05, 3.63) is 33.4 Å². The SMILES string of the molecule is COC(=O)c1c(F)c(F)c2[nH][nH]c(=O)c2c1F. The molecule has 0 amide bonds. The number of aromatic amines is 2. The molecule has 1 aromatic carbocycles. The van der Waals surface area contributed by atoms with E-state index in [0.717, 1.165) is 7.11 Å². The first-order chi connectivity index (χ1) is 7.99. The van der Waals surface area contributed by atoms with Gasteiger partial charge in [0, 0.05) is 0 Å². The van der Waals surface area contributed by atoms with Gasteiger partial charge in [-0.3, -0.25) is 15.0 Å². The number of carbonyl (C=O) groups is 1. The smallest absolute Gasteiger partial charge is 0.344 e. The van der Waals surface area contributed by atoms with Crippen LogP contribution in [0.25, 0.3) is 10.9 Å². The Morgan fingerprint density at radius 2 is 1.76 bits per heavy atom. The summed E-state index contributed by atoms with van der Waals surface area (Å²) in [4.78, 5) is 22.3. The average molecular weight is 246 g/mol. The number of hydrogen-bond donors (Lipinski definition) is 2. The van der Waals surface area contributed by atoms with Crippen molar-refractivity contribution in [3.8, 4) is 0 Å². The largest absolute Gasteiger partial charge is 0.465 e. The minimum Gasteiger partial charge on any atom is -0.465 e. The molecule has 8 heteroatoms. The second kappa shape index (κ2) is 3.65. The molecule has 90 valence electrons. The molecule has 0 spiro atoms. The Morgan fingerprint density at radius 3 is 2.35 bits per heavy atom. The van der Waals surface area contributed by atoms with Crippen LogP contribution < -0.4 is 5.56 Å². The number of esters is 1. The summed E-state index contributed by atoms with van der Waals surface area (Å²) in [5.41, 5.74) is -2.90. The highest BCUT2D eigenvalue weighted by atomic mass is 19.2. The number of H-pyrrole nitrogens is 2. The standard InChI is InChI=1S/C9H5F3N2O3/c1-17-9(16)2-4(10)3-7(6(12)5(2)11)13-14-8(3)15/h1H3,(H2,13,14,15). The maximum absolute atomic E-state index is 13.7. The van der Waals surface area contributed by atoms with Crippen LogP contribution in [0.2, 0.25) is 0 Å². The van der Waals surface area contributed by atoms with Crippen molar-refractivity contribution in [3.63, 3.8) is 0 Å². The van der Waals surface area contributed by atoms with Crippen LogP contribution in [-0.2, 0) is 4.74 Å². The Kier molecular flexibility index (Phi) is 2.41. The number of nitrogens with one attached hydrogen (secondary N) is 2. The zero-order valence-corrected chi connectivity index (χ0v) is 8.36. The Morgan fingerprint density at radius 1 is 1.12 bits per heavy atom. The van der Waals surface area contributed by atoms with Crippen LogP contribution in [0.3, 0.4) is 0 Å². The number of benzene rings is 1. The van der Waals surface area contributed by atoms with Crippen molar-refractivity contribution < 1.29 is 22.7 Å². The summed E-state index contributed by atoms with van der Waals surface area (Å²) in [6.07, 6.45) is 0. The van der Waals surface area contributed by atoms with Crippen molar-refractivity contribution >= 4 is 16.9 Å². The van der Waals surface area contributed by atoms with E-state index in [1.54, 1.807) is 0 Å². The van der Waals surface area contributed by atoms with E-state index in [-0.39, 0.29) is 0 Å². The molecule has 17 heavy (non-hydrogen) atoms. The highest BCUT2D eigenvalue weighted by Crippen LogP contribution is 2.24. The van der Waals surface area contributed by atoms with Crippen LogP contribution in [0.5, 0.6) is 0 Å². The minimum absolute atomic E-state index is 0.669. The molecule has 0 saturated carbocycles. The van der Waals surface area contributed by atoms with E-state index in [2.05, 4.69) is 4.74 Å². The zero-order valence-electron chi connectivity index (χ0n) is 8.36. The molecule has 0 fully saturated rings. The van der Waals surface area contributed by atoms with Crippen LogP contribution in [-0.4, -0.2) is 23.3 Å². The van der Waals surface area contributed by atoms with E-state index in [1.165, 1.54) is 0 Å². The van der Waals surface area contributed by atoms with Gasteiger partial charge in [-0.25, -0.2) is 18.0 Å². The van der Waals surface area contributed by atoms with Gasteiger partial charge in [-0.2, -0.15) is 0 Å². The number of ether oxygens (including phenoxy) is 1. The molecular weight excluding hydrogens is 241 g/mol. The molecule has 0 aliphatic rings. The molecule has 0 unspecified atom stereocenters. The lowest BCUT2D eigenvalue weighted by Gasteiger charge is -2.04. The normalized spacial score (nSPS) is 10.8. The first-order valence-electron chi connectivity index (χ1n) is 4.34. The molecule has 0 radical (unpaired) electrons. The van der Waals surface area contributed by atoms with Crippen LogP contribution in [0.4, 0.5) is 13.2 Å². The average Bonchev–Trinajstić information content (AvgIpc) is 2.68. The van der Waals surface area contributed by atoms with Gasteiger partial charge in [-0.05, 0) is 0 Å². The van der Waals surface area contributed by atoms with E-state index in [0.29, 0.717) is 0 Å². The fraction of sp³-hybridized carbons (Fsp3) is 0.111. The van der Waals surface area contributed by atoms with Crippen molar-refractivity contribution in [1.29, 1.82) is 0 Å². The monoisotopic (exact) mass is 246 g/mol. The quantitative estimate of drug-likeness (QED) is 0.583. The summed E-state index contributed by atoms with van der Waals surface area (Å²) in [5.74, 6) is -6.10. The lowest BCUT2D eigenvalue weighted by Crippen LogP contribution is -2.12. The number of halogens is 3. The minimum atomic E-state index is -1.71. The molecule has 2 rings (SSSR count). The number of rotatable bonds is 1. The van der Waals surface area contributed by atoms with Crippen LogP contribution in [0.1, 0.15) is 10.4 Å². The van der Waals surface area contributed by atoms with Gasteiger partial charge in [0.2, 0.25) is 0 Å². The van der Waals surface area contributed by atoms with Crippen molar-refractivity contribution in [2.24, 2.45) is 0 Å². The zero-order chi connectivity index (χ0) is 12.7. The van der Waals surface area contributed by atoms with Crippen LogP contribution >= 0.6 is 0 Å². The summed E-state index contributed by atoms with van der Waals surface area (Å²) < 4.78 is 44.6. The third-order valence-corrected chi connectivity index (χ3v) is 2.24. The highest BCUT2D eigenvalue weighted by molar-refractivity contribution is 5.95. The lowest BCUT2D eigenvalue weighted by atomic mass is 10.1. The van der Waals surface area contributed by atoms with Gasteiger partial charge in [0.15, 0.2) is 17.5 Å². The number of hydrogen-bond acceptors (Lipinski definition) is 3. The van der Waals surface area contributed by atoms with Gasteiger partial charge in [0.1, 0.15) is 16.5 Å². The lowest BCUT2D eigenvalue weighted by molar-refractivity contribution is 0.0589. The molecule has 2 N–H and O–H groups in total. The second-order valence-corrected chi connectivity index (χ2v) is 3.14. The predicted octanol–water partition coefficient (Wildman–Crippen LogP) is 1.06. The fourth-order valence-electron chi connectivity index (χ4n) is 1.45. The van der Waals surface area contributed by atoms with E-state index in [4.69, 9.17) is 0 Å². The summed E-state index contributed by atoms with van der Waals surface area (Å²) in [5, 5.41) is 3.11. The summed E-state index contributed by atoms with van der Waals surface area (Å²) in [6, 6.07) is 0. The third-order valence-electron chi connectivity index (χ3n) is 2.24. The molecule has 0 bridgehead atoms. The highest BCUT2D eigenvalue weighted by Gasteiger charge is 2.28. The first kappa shape index (κ1) is 11.2. The number of methoxy groups -OCH3 is 1. The predicted molar refractivity (Wildman–Crippen MR) is 50.1 cm³/mol. The molecule has 5 nitrogen and oxygen atoms in total. The molecule has 1 aromatic heterocycles. The molecule has 0 aliphatic heterocycles. The molecule has 1 heterocycles. The maximum Gasteiger partial charge on any atom is 0.344 e. The Balaban J connectivity index is 2.99. The summed E-state index contributed by atoms with van der Waals surface area (Å²) >= 11 is 0. The molecule has 2 aromatic rings. The Hall–Kier alpha value is -2.25. The molecule has 0 atom stereocenters. The van der Waals surface area contributed by atoms with Crippen LogP contribution in [0, 0.1) is 17.5 Å². The summed E-state index contributed by atoms with van der Waals surface area (Å²) in [7, 11) is 0.880. The Bertz CT molecular complexity index is 674.